The van der Waals surface area contributed by atoms with Crippen molar-refractivity contribution in [2.45, 2.75) is 0 Å². The standard InChI is InChI=1S/C52H32N2/c1-3-19-43-39(15-1)41-17-5-7-21-45(41)49-29-35(23-25-47(43)49)33-11-9-13-37(27-33)51-31-52(54-32-53-51)38-14-10-12-34(28-38)36-24-26-48-44-20-4-2-16-40(44)42-18-6-8-22-46(42)50(48)30-36/h1-32H. The fourth-order valence-corrected chi connectivity index (χ4v) is 8.56. The summed E-state index contributed by atoms with van der Waals surface area (Å²) in [4.78, 5) is 9.50. The largest absolute Gasteiger partial charge is 0.236 e. The van der Waals surface area contributed by atoms with Gasteiger partial charge in [-0.3, -0.25) is 0 Å². The van der Waals surface area contributed by atoms with Crippen LogP contribution in [0.4, 0.5) is 0 Å². The minimum atomic E-state index is 0.897. The molecule has 0 saturated carbocycles. The summed E-state index contributed by atoms with van der Waals surface area (Å²) in [6, 6.07) is 68.2. The van der Waals surface area contributed by atoms with Gasteiger partial charge in [-0.2, -0.15) is 0 Å². The predicted octanol–water partition coefficient (Wildman–Crippen LogP) is 14.1. The summed E-state index contributed by atoms with van der Waals surface area (Å²) in [6.07, 6.45) is 1.69. The molecule has 0 saturated heterocycles. The van der Waals surface area contributed by atoms with Crippen molar-refractivity contribution in [1.82, 2.24) is 9.97 Å². The van der Waals surface area contributed by atoms with Crippen LogP contribution in [0.3, 0.4) is 0 Å². The minimum Gasteiger partial charge on any atom is -0.236 e. The van der Waals surface area contributed by atoms with Crippen LogP contribution in [0.15, 0.2) is 194 Å². The monoisotopic (exact) mass is 684 g/mol. The van der Waals surface area contributed by atoms with Crippen molar-refractivity contribution in [1.29, 1.82) is 0 Å². The van der Waals surface area contributed by atoms with Crippen molar-refractivity contribution in [3.63, 3.8) is 0 Å². The average molecular weight is 685 g/mol. The number of fused-ring (bicyclic) bond motifs is 12. The Hall–Kier alpha value is -7.16. The van der Waals surface area contributed by atoms with E-state index in [9.17, 15) is 0 Å². The molecule has 0 N–H and O–H groups in total. The van der Waals surface area contributed by atoms with Crippen LogP contribution in [0.5, 0.6) is 0 Å². The topological polar surface area (TPSA) is 25.8 Å². The van der Waals surface area contributed by atoms with Gasteiger partial charge in [0.05, 0.1) is 11.4 Å². The highest BCUT2D eigenvalue weighted by Crippen LogP contribution is 2.39. The maximum absolute atomic E-state index is 4.75. The van der Waals surface area contributed by atoms with E-state index in [4.69, 9.17) is 9.97 Å². The van der Waals surface area contributed by atoms with Gasteiger partial charge < -0.3 is 0 Å². The Kier molecular flexibility index (Phi) is 6.90. The van der Waals surface area contributed by atoms with Crippen LogP contribution in [0, 0.1) is 0 Å². The quantitative estimate of drug-likeness (QED) is 0.172. The highest BCUT2D eigenvalue weighted by Gasteiger charge is 2.13. The molecular weight excluding hydrogens is 653 g/mol. The Morgan fingerprint density at radius 1 is 0.204 bits per heavy atom. The molecule has 54 heavy (non-hydrogen) atoms. The van der Waals surface area contributed by atoms with Crippen molar-refractivity contribution in [2.24, 2.45) is 0 Å². The Morgan fingerprint density at radius 3 is 0.870 bits per heavy atom. The Labute approximate surface area is 312 Å². The molecule has 11 aromatic rings. The van der Waals surface area contributed by atoms with Crippen molar-refractivity contribution >= 4 is 64.6 Å². The molecular formula is C52H32N2. The molecule has 0 aliphatic rings. The summed E-state index contributed by atoms with van der Waals surface area (Å²) >= 11 is 0. The van der Waals surface area contributed by atoms with Gasteiger partial charge in [-0.25, -0.2) is 9.97 Å². The molecule has 10 aromatic carbocycles. The Balaban J connectivity index is 0.969. The van der Waals surface area contributed by atoms with E-state index < -0.39 is 0 Å². The van der Waals surface area contributed by atoms with Crippen molar-refractivity contribution in [3.05, 3.63) is 194 Å². The van der Waals surface area contributed by atoms with Crippen LogP contribution in [-0.2, 0) is 0 Å². The van der Waals surface area contributed by atoms with Crippen molar-refractivity contribution < 1.29 is 0 Å². The van der Waals surface area contributed by atoms with Crippen LogP contribution < -0.4 is 0 Å². The summed E-state index contributed by atoms with van der Waals surface area (Å²) in [5.74, 6) is 0. The molecule has 0 aliphatic heterocycles. The second-order valence-electron chi connectivity index (χ2n) is 14.2. The van der Waals surface area contributed by atoms with Gasteiger partial charge in [0.15, 0.2) is 0 Å². The number of rotatable bonds is 4. The molecule has 0 amide bonds. The molecule has 0 aliphatic carbocycles. The number of benzene rings is 10. The third kappa shape index (κ3) is 4.88. The highest BCUT2D eigenvalue weighted by molar-refractivity contribution is 6.27. The first-order chi connectivity index (χ1) is 26.8. The molecule has 0 unspecified atom stereocenters. The molecule has 1 heterocycles. The zero-order chi connectivity index (χ0) is 35.6. The van der Waals surface area contributed by atoms with Gasteiger partial charge >= 0.3 is 0 Å². The molecule has 0 bridgehead atoms. The molecule has 2 nitrogen and oxygen atoms in total. The third-order valence-electron chi connectivity index (χ3n) is 11.1. The second-order valence-corrected chi connectivity index (χ2v) is 14.2. The molecule has 250 valence electrons. The normalized spacial score (nSPS) is 11.7. The van der Waals surface area contributed by atoms with Gasteiger partial charge in [0.25, 0.3) is 0 Å². The first-order valence-electron chi connectivity index (χ1n) is 18.5. The van der Waals surface area contributed by atoms with E-state index in [0.29, 0.717) is 0 Å². The van der Waals surface area contributed by atoms with Gasteiger partial charge in [0, 0.05) is 11.1 Å². The van der Waals surface area contributed by atoms with E-state index in [-0.39, 0.29) is 0 Å². The van der Waals surface area contributed by atoms with Gasteiger partial charge in [-0.15, -0.1) is 0 Å². The van der Waals surface area contributed by atoms with Gasteiger partial charge in [0.2, 0.25) is 0 Å². The molecule has 0 atom stereocenters. The molecule has 0 radical (unpaired) electrons. The summed E-state index contributed by atoms with van der Waals surface area (Å²) < 4.78 is 0. The van der Waals surface area contributed by atoms with Crippen LogP contribution in [-0.4, -0.2) is 9.97 Å². The number of aromatic nitrogens is 2. The highest BCUT2D eigenvalue weighted by atomic mass is 14.8. The maximum atomic E-state index is 4.75. The summed E-state index contributed by atoms with van der Waals surface area (Å²) in [7, 11) is 0. The molecule has 0 spiro atoms. The maximum Gasteiger partial charge on any atom is 0.116 e. The van der Waals surface area contributed by atoms with E-state index in [1.165, 1.54) is 75.8 Å². The lowest BCUT2D eigenvalue weighted by atomic mass is 9.91. The molecule has 2 heteroatoms. The number of hydrogen-bond acceptors (Lipinski definition) is 2. The lowest BCUT2D eigenvalue weighted by Gasteiger charge is -2.13. The van der Waals surface area contributed by atoms with Gasteiger partial charge in [-0.1, -0.05) is 158 Å². The summed E-state index contributed by atoms with van der Waals surface area (Å²) in [6.45, 7) is 0. The first-order valence-corrected chi connectivity index (χ1v) is 18.5. The molecule has 0 fully saturated rings. The average Bonchev–Trinajstić information content (AvgIpc) is 3.26. The minimum absolute atomic E-state index is 0.897. The SMILES string of the molecule is c1cc(-c2ccc3c4ccccc4c4ccccc4c3c2)cc(-c2cc(-c3cccc(-c4ccc5c6ccccc6c6ccccc6c5c4)c3)ncn2)c1. The van der Waals surface area contributed by atoms with Crippen LogP contribution in [0.1, 0.15) is 0 Å². The van der Waals surface area contributed by atoms with Gasteiger partial charge in [-0.05, 0) is 117 Å². The van der Waals surface area contributed by atoms with E-state index in [2.05, 4.69) is 188 Å². The van der Waals surface area contributed by atoms with E-state index in [1.807, 2.05) is 0 Å². The zero-order valence-corrected chi connectivity index (χ0v) is 29.4. The van der Waals surface area contributed by atoms with Crippen LogP contribution in [0.25, 0.3) is 109 Å². The Morgan fingerprint density at radius 2 is 0.500 bits per heavy atom. The van der Waals surface area contributed by atoms with E-state index in [1.54, 1.807) is 6.33 Å². The van der Waals surface area contributed by atoms with E-state index in [0.717, 1.165) is 33.6 Å². The number of hydrogen-bond donors (Lipinski definition) is 0. The number of nitrogens with zero attached hydrogens (tertiary/aromatic N) is 2. The fourth-order valence-electron chi connectivity index (χ4n) is 8.56. The second kappa shape index (κ2) is 12.2. The molecule has 1 aromatic heterocycles. The first kappa shape index (κ1) is 30.5. The van der Waals surface area contributed by atoms with Gasteiger partial charge in [0.1, 0.15) is 6.33 Å². The van der Waals surface area contributed by atoms with Crippen molar-refractivity contribution in [2.75, 3.05) is 0 Å². The van der Waals surface area contributed by atoms with E-state index >= 15 is 0 Å². The lowest BCUT2D eigenvalue weighted by Crippen LogP contribution is -1.91. The third-order valence-corrected chi connectivity index (χ3v) is 11.1. The molecule has 11 rings (SSSR count). The fraction of sp³-hybridized carbons (Fsp3) is 0. The zero-order valence-electron chi connectivity index (χ0n) is 29.4. The Bertz CT molecular complexity index is 3000. The smallest absolute Gasteiger partial charge is 0.116 e. The lowest BCUT2D eigenvalue weighted by molar-refractivity contribution is 1.18. The van der Waals surface area contributed by atoms with Crippen LogP contribution >= 0.6 is 0 Å². The van der Waals surface area contributed by atoms with Crippen molar-refractivity contribution in [3.8, 4) is 44.8 Å². The van der Waals surface area contributed by atoms with Crippen LogP contribution in [0.2, 0.25) is 0 Å². The predicted molar refractivity (Wildman–Crippen MR) is 229 cm³/mol. The summed E-state index contributed by atoms with van der Waals surface area (Å²) in [5, 5.41) is 15.4. The summed E-state index contributed by atoms with van der Waals surface area (Å²) in [5.41, 5.74) is 8.59.